The van der Waals surface area contributed by atoms with Gasteiger partial charge in [0, 0.05) is 5.02 Å². The molecule has 1 atom stereocenters. The maximum atomic E-state index is 13.5. The number of hydrogen-bond acceptors (Lipinski definition) is 3. The van der Waals surface area contributed by atoms with Crippen molar-refractivity contribution >= 4 is 33.2 Å². The van der Waals surface area contributed by atoms with Crippen LogP contribution in [0.4, 0.5) is 5.69 Å². The number of halogens is 1. The lowest BCUT2D eigenvalue weighted by atomic mass is 10.1. The van der Waals surface area contributed by atoms with Gasteiger partial charge in [0.15, 0.2) is 0 Å². The van der Waals surface area contributed by atoms with E-state index < -0.39 is 15.9 Å². The van der Waals surface area contributed by atoms with E-state index in [1.54, 1.807) is 42.5 Å². The van der Waals surface area contributed by atoms with Gasteiger partial charge in [-0.05, 0) is 68.1 Å². The highest BCUT2D eigenvalue weighted by molar-refractivity contribution is 7.92. The van der Waals surface area contributed by atoms with Crippen molar-refractivity contribution in [1.29, 1.82) is 0 Å². The Kier molecular flexibility index (Phi) is 7.82. The van der Waals surface area contributed by atoms with Crippen LogP contribution in [0.15, 0.2) is 71.6 Å². The van der Waals surface area contributed by atoms with Gasteiger partial charge in [-0.25, -0.2) is 8.42 Å². The summed E-state index contributed by atoms with van der Waals surface area (Å²) in [7, 11) is -3.99. The Hall–Kier alpha value is -2.83. The predicted molar refractivity (Wildman–Crippen MR) is 134 cm³/mol. The summed E-state index contributed by atoms with van der Waals surface area (Å²) in [5.41, 5.74) is 4.26. The molecule has 0 aromatic heterocycles. The number of nitrogens with zero attached hydrogens (tertiary/aromatic N) is 1. The Morgan fingerprint density at radius 2 is 1.64 bits per heavy atom. The molecule has 3 aromatic carbocycles. The van der Waals surface area contributed by atoms with Gasteiger partial charge in [0.1, 0.15) is 6.54 Å². The second kappa shape index (κ2) is 10.4. The number of rotatable bonds is 8. The molecule has 0 aliphatic rings. The average Bonchev–Trinajstić information content (AvgIpc) is 2.79. The third-order valence-corrected chi connectivity index (χ3v) is 7.80. The minimum absolute atomic E-state index is 0.112. The Balaban J connectivity index is 1.89. The Bertz CT molecular complexity index is 1220. The van der Waals surface area contributed by atoms with E-state index in [4.69, 9.17) is 11.6 Å². The fourth-order valence-corrected chi connectivity index (χ4v) is 5.02. The lowest BCUT2D eigenvalue weighted by molar-refractivity contribution is -0.120. The molecular weight excluding hydrogens is 456 g/mol. The molecule has 1 amide bonds. The number of carbonyl (C=O) groups is 1. The molecule has 0 saturated carbocycles. The van der Waals surface area contributed by atoms with Crippen molar-refractivity contribution in [3.05, 3.63) is 94.0 Å². The van der Waals surface area contributed by atoms with E-state index in [0.29, 0.717) is 10.7 Å². The monoisotopic (exact) mass is 484 g/mol. The molecule has 0 saturated heterocycles. The molecule has 0 aliphatic heterocycles. The SMILES string of the molecule is CCc1ccc([C@H](C)NC(=O)CN(c2ccc(C)c(Cl)c2)S(=O)(=O)c2ccc(C)cc2)cc1. The molecule has 5 nitrogen and oxygen atoms in total. The number of benzene rings is 3. The van der Waals surface area contributed by atoms with Crippen molar-refractivity contribution in [3.63, 3.8) is 0 Å². The van der Waals surface area contributed by atoms with E-state index in [-0.39, 0.29) is 17.5 Å². The number of aryl methyl sites for hydroxylation is 3. The second-order valence-corrected chi connectivity index (χ2v) is 10.4. The molecule has 1 N–H and O–H groups in total. The summed E-state index contributed by atoms with van der Waals surface area (Å²) in [6.07, 6.45) is 0.936. The maximum Gasteiger partial charge on any atom is 0.264 e. The number of nitrogens with one attached hydrogen (secondary N) is 1. The normalized spacial score (nSPS) is 12.3. The van der Waals surface area contributed by atoms with Gasteiger partial charge in [-0.2, -0.15) is 0 Å². The molecule has 7 heteroatoms. The van der Waals surface area contributed by atoms with Crippen LogP contribution in [0.5, 0.6) is 0 Å². The van der Waals surface area contributed by atoms with Crippen LogP contribution in [-0.2, 0) is 21.2 Å². The minimum atomic E-state index is -3.99. The van der Waals surface area contributed by atoms with Gasteiger partial charge in [-0.3, -0.25) is 9.10 Å². The van der Waals surface area contributed by atoms with Crippen LogP contribution >= 0.6 is 11.6 Å². The highest BCUT2D eigenvalue weighted by Crippen LogP contribution is 2.28. The van der Waals surface area contributed by atoms with Crippen molar-refractivity contribution in [2.45, 2.75) is 45.1 Å². The van der Waals surface area contributed by atoms with Gasteiger partial charge in [0.25, 0.3) is 10.0 Å². The summed E-state index contributed by atoms with van der Waals surface area (Å²) in [6.45, 7) is 7.31. The van der Waals surface area contributed by atoms with Crippen LogP contribution in [0, 0.1) is 13.8 Å². The Morgan fingerprint density at radius 1 is 1.00 bits per heavy atom. The second-order valence-electron chi connectivity index (χ2n) is 8.14. The van der Waals surface area contributed by atoms with E-state index in [1.165, 1.54) is 5.56 Å². The van der Waals surface area contributed by atoms with E-state index in [9.17, 15) is 13.2 Å². The highest BCUT2D eigenvalue weighted by Gasteiger charge is 2.28. The van der Waals surface area contributed by atoms with Crippen LogP contribution in [0.25, 0.3) is 0 Å². The molecular formula is C26H29ClN2O3S. The molecule has 0 radical (unpaired) electrons. The summed E-state index contributed by atoms with van der Waals surface area (Å²) in [5, 5.41) is 3.35. The molecule has 0 unspecified atom stereocenters. The first-order chi connectivity index (χ1) is 15.6. The van der Waals surface area contributed by atoms with E-state index >= 15 is 0 Å². The lowest BCUT2D eigenvalue weighted by Gasteiger charge is -2.25. The fourth-order valence-electron chi connectivity index (χ4n) is 3.43. The van der Waals surface area contributed by atoms with E-state index in [2.05, 4.69) is 12.2 Å². The smallest absolute Gasteiger partial charge is 0.264 e. The van der Waals surface area contributed by atoms with Crippen molar-refractivity contribution in [2.24, 2.45) is 0 Å². The van der Waals surface area contributed by atoms with Crippen LogP contribution < -0.4 is 9.62 Å². The summed E-state index contributed by atoms with van der Waals surface area (Å²) in [5.74, 6) is -0.408. The first kappa shape index (κ1) is 24.8. The van der Waals surface area contributed by atoms with Crippen molar-refractivity contribution in [1.82, 2.24) is 5.32 Å². The van der Waals surface area contributed by atoms with E-state index in [1.807, 2.05) is 45.0 Å². The molecule has 33 heavy (non-hydrogen) atoms. The Morgan fingerprint density at radius 3 is 2.21 bits per heavy atom. The zero-order chi connectivity index (χ0) is 24.2. The van der Waals surface area contributed by atoms with E-state index in [0.717, 1.165) is 27.4 Å². The first-order valence-electron chi connectivity index (χ1n) is 10.9. The number of anilines is 1. The summed E-state index contributed by atoms with van der Waals surface area (Å²) in [4.78, 5) is 13.1. The third kappa shape index (κ3) is 5.95. The Labute approximate surface area is 201 Å². The fraction of sp³-hybridized carbons (Fsp3) is 0.269. The van der Waals surface area contributed by atoms with Gasteiger partial charge in [-0.15, -0.1) is 0 Å². The maximum absolute atomic E-state index is 13.5. The lowest BCUT2D eigenvalue weighted by Crippen LogP contribution is -2.41. The molecule has 174 valence electrons. The van der Waals surface area contributed by atoms with Crippen LogP contribution in [0.2, 0.25) is 5.02 Å². The van der Waals surface area contributed by atoms with Gasteiger partial charge in [0.2, 0.25) is 5.91 Å². The highest BCUT2D eigenvalue weighted by atomic mass is 35.5. The zero-order valence-electron chi connectivity index (χ0n) is 19.3. The number of amides is 1. The molecule has 0 aliphatic carbocycles. The molecule has 0 bridgehead atoms. The minimum Gasteiger partial charge on any atom is -0.348 e. The zero-order valence-corrected chi connectivity index (χ0v) is 20.9. The standard InChI is InChI=1S/C26H29ClN2O3S/c1-5-21-9-11-22(12-10-21)20(4)28-26(30)17-29(23-13-8-19(3)25(27)16-23)33(31,32)24-14-6-18(2)7-15-24/h6-16,20H,5,17H2,1-4H3,(H,28,30)/t20-/m0/s1. The largest absolute Gasteiger partial charge is 0.348 e. The number of carbonyl (C=O) groups excluding carboxylic acids is 1. The van der Waals surface area contributed by atoms with Gasteiger partial charge in [-0.1, -0.05) is 66.6 Å². The molecule has 0 spiro atoms. The third-order valence-electron chi connectivity index (χ3n) is 5.61. The van der Waals surface area contributed by atoms with Crippen molar-refractivity contribution in [3.8, 4) is 0 Å². The summed E-state index contributed by atoms with van der Waals surface area (Å²) < 4.78 is 28.1. The quantitative estimate of drug-likeness (QED) is 0.453. The van der Waals surface area contributed by atoms with Crippen LogP contribution in [0.1, 0.15) is 42.1 Å². The van der Waals surface area contributed by atoms with Gasteiger partial charge >= 0.3 is 0 Å². The molecule has 3 rings (SSSR count). The molecule has 0 fully saturated rings. The topological polar surface area (TPSA) is 66.5 Å². The average molecular weight is 485 g/mol. The van der Waals surface area contributed by atoms with Crippen molar-refractivity contribution < 1.29 is 13.2 Å². The predicted octanol–water partition coefficient (Wildman–Crippen LogP) is 5.59. The number of sulfonamides is 1. The number of hydrogen-bond donors (Lipinski definition) is 1. The summed E-state index contributed by atoms with van der Waals surface area (Å²) >= 11 is 6.28. The molecule has 0 heterocycles. The van der Waals surface area contributed by atoms with Crippen molar-refractivity contribution in [2.75, 3.05) is 10.8 Å². The molecule has 3 aromatic rings. The summed E-state index contributed by atoms with van der Waals surface area (Å²) in [6, 6.07) is 19.3. The first-order valence-corrected chi connectivity index (χ1v) is 12.7. The van der Waals surface area contributed by atoms with Crippen LogP contribution in [-0.4, -0.2) is 20.9 Å². The van der Waals surface area contributed by atoms with Gasteiger partial charge < -0.3 is 5.32 Å². The van der Waals surface area contributed by atoms with Gasteiger partial charge in [0.05, 0.1) is 16.6 Å². The van der Waals surface area contributed by atoms with Crippen LogP contribution in [0.3, 0.4) is 0 Å².